The molecule has 0 atom stereocenters. The highest BCUT2D eigenvalue weighted by Crippen LogP contribution is 2.16. The van der Waals surface area contributed by atoms with E-state index < -0.39 is 10.0 Å². The van der Waals surface area contributed by atoms with E-state index in [0.717, 1.165) is 21.7 Å². The van der Waals surface area contributed by atoms with Gasteiger partial charge in [0.05, 0.1) is 12.8 Å². The number of benzene rings is 1. The fourth-order valence-corrected chi connectivity index (χ4v) is 3.03. The molecule has 0 saturated carbocycles. The van der Waals surface area contributed by atoms with E-state index >= 15 is 0 Å². The zero-order chi connectivity index (χ0) is 17.9. The van der Waals surface area contributed by atoms with Gasteiger partial charge in [-0.1, -0.05) is 11.2 Å². The van der Waals surface area contributed by atoms with Crippen LogP contribution in [0.3, 0.4) is 0 Å². The summed E-state index contributed by atoms with van der Waals surface area (Å²) in [6.45, 7) is 5.82. The molecule has 1 aromatic carbocycles. The number of nitrogens with zero attached hydrogens (tertiary/aromatic N) is 2. The topological polar surface area (TPSA) is 92.5 Å². The summed E-state index contributed by atoms with van der Waals surface area (Å²) in [5.41, 5.74) is 2.68. The Labute approximate surface area is 141 Å². The molecule has 0 fully saturated rings. The molecule has 0 saturated heterocycles. The molecule has 0 unspecified atom stereocenters. The predicted molar refractivity (Wildman–Crippen MR) is 91.7 cm³/mol. The number of hydrogen-bond acceptors (Lipinski definition) is 5. The summed E-state index contributed by atoms with van der Waals surface area (Å²) in [5, 5.41) is 6.44. The summed E-state index contributed by atoms with van der Waals surface area (Å²) in [6, 6.07) is 6.96. The number of aryl methyl sites for hydroxylation is 3. The smallest absolute Gasteiger partial charge is 0.251 e. The molecule has 0 aliphatic carbocycles. The molecule has 0 aliphatic rings. The maximum Gasteiger partial charge on any atom is 0.251 e. The normalized spacial score (nSPS) is 11.3. The van der Waals surface area contributed by atoms with Crippen molar-refractivity contribution in [1.82, 2.24) is 10.5 Å². The molecule has 1 aromatic heterocycles. The molecule has 1 amide bonds. The molecule has 0 radical (unpaired) electrons. The second kappa shape index (κ2) is 7.04. The Morgan fingerprint density at radius 3 is 2.46 bits per heavy atom. The van der Waals surface area contributed by atoms with Gasteiger partial charge in [-0.25, -0.2) is 12.7 Å². The molecule has 7 nitrogen and oxygen atoms in total. The highest BCUT2D eigenvalue weighted by atomic mass is 32.2. The minimum Gasteiger partial charge on any atom is -0.360 e. The quantitative estimate of drug-likeness (QED) is 0.856. The number of hydrogen-bond donors (Lipinski definition) is 1. The maximum atomic E-state index is 12.2. The number of aromatic nitrogens is 1. The fourth-order valence-electron chi connectivity index (χ4n) is 2.18. The Kier molecular flexibility index (Phi) is 5.28. The van der Waals surface area contributed by atoms with Crippen LogP contribution >= 0.6 is 0 Å². The van der Waals surface area contributed by atoms with Gasteiger partial charge in [0.25, 0.3) is 5.91 Å². The molecule has 2 aromatic rings. The number of nitrogens with one attached hydrogen (secondary N) is 1. The van der Waals surface area contributed by atoms with E-state index in [4.69, 9.17) is 4.52 Å². The molecule has 0 spiro atoms. The van der Waals surface area contributed by atoms with Gasteiger partial charge in [0.1, 0.15) is 5.76 Å². The molecule has 0 bridgehead atoms. The van der Waals surface area contributed by atoms with E-state index in [-0.39, 0.29) is 24.8 Å². The third kappa shape index (κ3) is 4.35. The SMILES string of the molecule is Cc1cc(N(CCNC(=O)c2ccc(C)c(C)c2)S(C)(=O)=O)no1. The van der Waals surface area contributed by atoms with Crippen LogP contribution in [-0.4, -0.2) is 38.8 Å². The number of anilines is 1. The summed E-state index contributed by atoms with van der Waals surface area (Å²) in [7, 11) is -3.52. The van der Waals surface area contributed by atoms with Crippen LogP contribution in [0.25, 0.3) is 0 Å². The van der Waals surface area contributed by atoms with E-state index in [9.17, 15) is 13.2 Å². The van der Waals surface area contributed by atoms with Gasteiger partial charge in [0, 0.05) is 18.2 Å². The van der Waals surface area contributed by atoms with Crippen LogP contribution in [0.2, 0.25) is 0 Å². The molecular weight excluding hydrogens is 330 g/mol. The van der Waals surface area contributed by atoms with Crippen LogP contribution < -0.4 is 9.62 Å². The molecular formula is C16H21N3O4S. The van der Waals surface area contributed by atoms with Gasteiger partial charge in [0.2, 0.25) is 10.0 Å². The number of carbonyl (C=O) groups is 1. The standard InChI is InChI=1S/C16H21N3O4S/c1-11-5-6-14(9-12(11)2)16(20)17-7-8-19(24(4,21)22)15-10-13(3)23-18-15/h5-6,9-10H,7-8H2,1-4H3,(H,17,20). The molecule has 8 heteroatoms. The fraction of sp³-hybridized carbons (Fsp3) is 0.375. The molecule has 24 heavy (non-hydrogen) atoms. The van der Waals surface area contributed by atoms with E-state index in [1.165, 1.54) is 6.07 Å². The summed E-state index contributed by atoms with van der Waals surface area (Å²) in [6.07, 6.45) is 1.09. The van der Waals surface area contributed by atoms with Crippen molar-refractivity contribution in [2.24, 2.45) is 0 Å². The van der Waals surface area contributed by atoms with Crippen LogP contribution in [0.15, 0.2) is 28.8 Å². The predicted octanol–water partition coefficient (Wildman–Crippen LogP) is 1.80. The zero-order valence-electron chi connectivity index (χ0n) is 14.2. The van der Waals surface area contributed by atoms with Crippen molar-refractivity contribution in [3.8, 4) is 0 Å². The first-order valence-electron chi connectivity index (χ1n) is 7.45. The van der Waals surface area contributed by atoms with Crippen LogP contribution in [0, 0.1) is 20.8 Å². The largest absolute Gasteiger partial charge is 0.360 e. The number of sulfonamides is 1. The average Bonchev–Trinajstić information content (AvgIpc) is 2.91. The van der Waals surface area contributed by atoms with Gasteiger partial charge < -0.3 is 9.84 Å². The molecule has 0 aliphatic heterocycles. The monoisotopic (exact) mass is 351 g/mol. The lowest BCUT2D eigenvalue weighted by atomic mass is 10.1. The van der Waals surface area contributed by atoms with E-state index in [1.54, 1.807) is 19.1 Å². The molecule has 2 rings (SSSR count). The first-order valence-corrected chi connectivity index (χ1v) is 9.30. The van der Waals surface area contributed by atoms with Gasteiger partial charge in [-0.2, -0.15) is 0 Å². The van der Waals surface area contributed by atoms with Crippen molar-refractivity contribution in [3.05, 3.63) is 46.7 Å². The van der Waals surface area contributed by atoms with Crippen LogP contribution in [0.5, 0.6) is 0 Å². The van der Waals surface area contributed by atoms with Gasteiger partial charge in [0.15, 0.2) is 5.82 Å². The summed E-state index contributed by atoms with van der Waals surface area (Å²) in [4.78, 5) is 12.2. The van der Waals surface area contributed by atoms with E-state index in [0.29, 0.717) is 11.3 Å². The van der Waals surface area contributed by atoms with Gasteiger partial charge in [-0.05, 0) is 44.0 Å². The van der Waals surface area contributed by atoms with Crippen LogP contribution in [0.4, 0.5) is 5.82 Å². The lowest BCUT2D eigenvalue weighted by Crippen LogP contribution is -2.38. The van der Waals surface area contributed by atoms with Crippen molar-refractivity contribution in [2.75, 3.05) is 23.7 Å². The van der Waals surface area contributed by atoms with Crippen molar-refractivity contribution < 1.29 is 17.7 Å². The minimum atomic E-state index is -3.52. The number of carbonyl (C=O) groups excluding carboxylic acids is 1. The Morgan fingerprint density at radius 1 is 1.21 bits per heavy atom. The van der Waals surface area contributed by atoms with E-state index in [1.807, 2.05) is 19.9 Å². The zero-order valence-corrected chi connectivity index (χ0v) is 15.0. The molecule has 1 heterocycles. The lowest BCUT2D eigenvalue weighted by Gasteiger charge is -2.19. The second-order valence-corrected chi connectivity index (χ2v) is 7.59. The van der Waals surface area contributed by atoms with Gasteiger partial charge >= 0.3 is 0 Å². The average molecular weight is 351 g/mol. The summed E-state index contributed by atoms with van der Waals surface area (Å²) in [5.74, 6) is 0.469. The Morgan fingerprint density at radius 2 is 1.92 bits per heavy atom. The third-order valence-corrected chi connectivity index (χ3v) is 4.81. The van der Waals surface area contributed by atoms with Crippen molar-refractivity contribution >= 4 is 21.7 Å². The Bertz CT molecular complexity index is 843. The summed E-state index contributed by atoms with van der Waals surface area (Å²) >= 11 is 0. The first kappa shape index (κ1) is 18.0. The highest BCUT2D eigenvalue weighted by Gasteiger charge is 2.20. The van der Waals surface area contributed by atoms with Crippen LogP contribution in [-0.2, 0) is 10.0 Å². The number of rotatable bonds is 6. The molecule has 1 N–H and O–H groups in total. The van der Waals surface area contributed by atoms with Gasteiger partial charge in [-0.3, -0.25) is 4.79 Å². The summed E-state index contributed by atoms with van der Waals surface area (Å²) < 4.78 is 29.8. The Balaban J connectivity index is 2.02. The first-order chi connectivity index (χ1) is 11.2. The van der Waals surface area contributed by atoms with Crippen LogP contribution in [0.1, 0.15) is 27.2 Å². The lowest BCUT2D eigenvalue weighted by molar-refractivity contribution is 0.0954. The molecule has 130 valence electrons. The Hall–Kier alpha value is -2.35. The highest BCUT2D eigenvalue weighted by molar-refractivity contribution is 7.92. The maximum absolute atomic E-state index is 12.2. The van der Waals surface area contributed by atoms with Crippen molar-refractivity contribution in [1.29, 1.82) is 0 Å². The minimum absolute atomic E-state index is 0.0708. The van der Waals surface area contributed by atoms with Gasteiger partial charge in [-0.15, -0.1) is 0 Å². The number of amides is 1. The second-order valence-electron chi connectivity index (χ2n) is 5.69. The van der Waals surface area contributed by atoms with E-state index in [2.05, 4.69) is 10.5 Å². The third-order valence-electron chi connectivity index (χ3n) is 3.64. The van der Waals surface area contributed by atoms with Crippen molar-refractivity contribution in [2.45, 2.75) is 20.8 Å². The van der Waals surface area contributed by atoms with Crippen molar-refractivity contribution in [3.63, 3.8) is 0 Å².